The van der Waals surface area contributed by atoms with Crippen molar-refractivity contribution in [3.05, 3.63) is 0 Å². The normalized spacial score (nSPS) is 19.0. The van der Waals surface area contributed by atoms with Gasteiger partial charge in [-0.15, -0.1) is 11.6 Å². The molecule has 0 N–H and O–H groups in total. The van der Waals surface area contributed by atoms with Crippen LogP contribution in [-0.2, 0) is 14.0 Å². The summed E-state index contributed by atoms with van der Waals surface area (Å²) in [6, 6.07) is 0. The molecule has 1 aliphatic rings. The fourth-order valence-electron chi connectivity index (χ4n) is 0.574. The van der Waals surface area contributed by atoms with E-state index >= 15 is 0 Å². The Labute approximate surface area is 59.4 Å². The van der Waals surface area contributed by atoms with E-state index in [0.29, 0.717) is 25.7 Å². The third-order valence-electron chi connectivity index (χ3n) is 0.922. The Kier molecular flexibility index (Phi) is 3.36. The van der Waals surface area contributed by atoms with Gasteiger partial charge >= 0.3 is 7.32 Å². The molecule has 0 saturated carbocycles. The molecule has 3 nitrogen and oxygen atoms in total. The van der Waals surface area contributed by atoms with Gasteiger partial charge in [-0.3, -0.25) is 0 Å². The number of rotatable bonds is 3. The van der Waals surface area contributed by atoms with Gasteiger partial charge in [0.1, 0.15) is 0 Å². The second kappa shape index (κ2) is 4.11. The van der Waals surface area contributed by atoms with E-state index in [0.717, 1.165) is 0 Å². The molecule has 0 unspecified atom stereocenters. The fourth-order valence-corrected chi connectivity index (χ4v) is 0.663. The molecule has 0 bridgehead atoms. The van der Waals surface area contributed by atoms with Crippen molar-refractivity contribution in [1.82, 2.24) is 0 Å². The maximum atomic E-state index is 5.34. The highest BCUT2D eigenvalue weighted by molar-refractivity contribution is 6.37. The minimum absolute atomic E-state index is 0.469. The van der Waals surface area contributed by atoms with E-state index in [4.69, 9.17) is 25.6 Å². The first-order valence-electron chi connectivity index (χ1n) is 2.84. The molecule has 0 aromatic heterocycles. The minimum atomic E-state index is -0.469. The average Bonchev–Trinajstić information content (AvgIpc) is 2.34. The lowest BCUT2D eigenvalue weighted by molar-refractivity contribution is 0.189. The molecule has 0 aliphatic carbocycles. The first-order valence-corrected chi connectivity index (χ1v) is 3.37. The summed E-state index contributed by atoms with van der Waals surface area (Å²) in [5, 5.41) is 0. The van der Waals surface area contributed by atoms with E-state index in [2.05, 4.69) is 0 Å². The summed E-state index contributed by atoms with van der Waals surface area (Å²) in [7, 11) is -0.469. The molecule has 1 saturated heterocycles. The monoisotopic (exact) mass is 150 g/mol. The first-order chi connectivity index (χ1) is 4.43. The number of halogens is 1. The van der Waals surface area contributed by atoms with Crippen molar-refractivity contribution < 1.29 is 14.0 Å². The maximum absolute atomic E-state index is 5.34. The van der Waals surface area contributed by atoms with Crippen LogP contribution in [0.3, 0.4) is 0 Å². The predicted molar refractivity (Wildman–Crippen MR) is 34.3 cm³/mol. The summed E-state index contributed by atoms with van der Waals surface area (Å²) in [5.41, 5.74) is 0. The number of hydrogen-bond acceptors (Lipinski definition) is 3. The molecular formula is C4H8BClO3. The van der Waals surface area contributed by atoms with Gasteiger partial charge in [-0.1, -0.05) is 0 Å². The maximum Gasteiger partial charge on any atom is 0.639 e. The Bertz CT molecular complexity index is 76.2. The van der Waals surface area contributed by atoms with Crippen molar-refractivity contribution in [2.75, 3.05) is 25.7 Å². The lowest BCUT2D eigenvalue weighted by Gasteiger charge is -2.01. The van der Waals surface area contributed by atoms with Crippen molar-refractivity contribution >= 4 is 18.9 Å². The van der Waals surface area contributed by atoms with E-state index < -0.39 is 7.32 Å². The Balaban J connectivity index is 1.98. The van der Waals surface area contributed by atoms with Gasteiger partial charge in [0.05, 0.1) is 13.2 Å². The molecule has 1 heterocycles. The molecule has 0 amide bonds. The predicted octanol–water partition coefficient (Wildman–Crippen LogP) is 0.273. The van der Waals surface area contributed by atoms with E-state index in [9.17, 15) is 0 Å². The van der Waals surface area contributed by atoms with Crippen LogP contribution in [0.4, 0.5) is 0 Å². The summed E-state index contributed by atoms with van der Waals surface area (Å²) in [6.45, 7) is 1.71. The van der Waals surface area contributed by atoms with E-state index in [1.807, 2.05) is 0 Å². The zero-order chi connectivity index (χ0) is 6.53. The molecule has 0 atom stereocenters. The molecule has 1 rings (SSSR count). The van der Waals surface area contributed by atoms with Crippen LogP contribution in [-0.4, -0.2) is 33.0 Å². The van der Waals surface area contributed by atoms with Gasteiger partial charge in [0.15, 0.2) is 0 Å². The van der Waals surface area contributed by atoms with Crippen LogP contribution in [0.25, 0.3) is 0 Å². The fraction of sp³-hybridized carbons (Fsp3) is 1.00. The van der Waals surface area contributed by atoms with Crippen LogP contribution in [0.5, 0.6) is 0 Å². The van der Waals surface area contributed by atoms with Crippen molar-refractivity contribution in [1.29, 1.82) is 0 Å². The van der Waals surface area contributed by atoms with Crippen LogP contribution in [0.2, 0.25) is 0 Å². The van der Waals surface area contributed by atoms with Gasteiger partial charge in [0, 0.05) is 12.5 Å². The zero-order valence-corrected chi connectivity index (χ0v) is 5.76. The van der Waals surface area contributed by atoms with Crippen LogP contribution in [0.15, 0.2) is 0 Å². The van der Waals surface area contributed by atoms with Crippen LogP contribution >= 0.6 is 11.6 Å². The molecule has 9 heavy (non-hydrogen) atoms. The zero-order valence-electron chi connectivity index (χ0n) is 5.01. The van der Waals surface area contributed by atoms with Gasteiger partial charge in [-0.05, 0) is 0 Å². The highest BCUT2D eigenvalue weighted by Crippen LogP contribution is 1.99. The standard InChI is InChI=1S/C4H8BClO3/c6-1-2-7-5-8-3-4-9-5/h1-4H2. The number of alkyl halides is 1. The summed E-state index contributed by atoms with van der Waals surface area (Å²) >= 11 is 5.34. The van der Waals surface area contributed by atoms with Crippen molar-refractivity contribution in [2.45, 2.75) is 0 Å². The van der Waals surface area contributed by atoms with Gasteiger partial charge in [-0.25, -0.2) is 0 Å². The summed E-state index contributed by atoms with van der Waals surface area (Å²) in [4.78, 5) is 0. The molecule has 0 aromatic rings. The Morgan fingerprint density at radius 3 is 2.67 bits per heavy atom. The van der Waals surface area contributed by atoms with Crippen molar-refractivity contribution in [3.63, 3.8) is 0 Å². The highest BCUT2D eigenvalue weighted by Gasteiger charge is 2.25. The second-order valence-corrected chi connectivity index (χ2v) is 1.97. The molecule has 1 fully saturated rings. The Morgan fingerprint density at radius 1 is 1.44 bits per heavy atom. The lowest BCUT2D eigenvalue weighted by Crippen LogP contribution is -2.20. The Morgan fingerprint density at radius 2 is 2.11 bits per heavy atom. The molecule has 0 spiro atoms. The van der Waals surface area contributed by atoms with Crippen LogP contribution < -0.4 is 0 Å². The molecule has 0 aromatic carbocycles. The second-order valence-electron chi connectivity index (χ2n) is 1.59. The number of hydrogen-bond donors (Lipinski definition) is 0. The van der Waals surface area contributed by atoms with Crippen LogP contribution in [0.1, 0.15) is 0 Å². The van der Waals surface area contributed by atoms with Gasteiger partial charge in [-0.2, -0.15) is 0 Å². The largest absolute Gasteiger partial charge is 0.639 e. The quantitative estimate of drug-likeness (QED) is 0.427. The van der Waals surface area contributed by atoms with Crippen molar-refractivity contribution in [3.8, 4) is 0 Å². The average molecular weight is 150 g/mol. The third-order valence-corrected chi connectivity index (χ3v) is 1.08. The highest BCUT2D eigenvalue weighted by atomic mass is 35.5. The molecule has 5 heteroatoms. The van der Waals surface area contributed by atoms with Gasteiger partial charge in [0.2, 0.25) is 0 Å². The van der Waals surface area contributed by atoms with Gasteiger partial charge in [0.25, 0.3) is 0 Å². The topological polar surface area (TPSA) is 27.7 Å². The first kappa shape index (κ1) is 7.34. The molecule has 52 valence electrons. The van der Waals surface area contributed by atoms with E-state index in [-0.39, 0.29) is 0 Å². The van der Waals surface area contributed by atoms with Gasteiger partial charge < -0.3 is 14.0 Å². The van der Waals surface area contributed by atoms with Crippen LogP contribution in [0, 0.1) is 0 Å². The molecular weight excluding hydrogens is 142 g/mol. The SMILES string of the molecule is ClCCOB1OCCO1. The summed E-state index contributed by atoms with van der Waals surface area (Å²) in [6.07, 6.45) is 0. The minimum Gasteiger partial charge on any atom is -0.385 e. The summed E-state index contributed by atoms with van der Waals surface area (Å²) < 4.78 is 14.9. The lowest BCUT2D eigenvalue weighted by atomic mass is 10.2. The Hall–Kier alpha value is 0.235. The smallest absolute Gasteiger partial charge is 0.385 e. The third kappa shape index (κ3) is 2.54. The molecule has 1 aliphatic heterocycles. The summed E-state index contributed by atoms with van der Waals surface area (Å²) in [5.74, 6) is 0.475. The van der Waals surface area contributed by atoms with E-state index in [1.165, 1.54) is 0 Å². The van der Waals surface area contributed by atoms with Crippen molar-refractivity contribution in [2.24, 2.45) is 0 Å². The molecule has 0 radical (unpaired) electrons. The van der Waals surface area contributed by atoms with E-state index in [1.54, 1.807) is 0 Å².